The monoisotopic (exact) mass is 505 g/mol. The molecule has 4 rings (SSSR count). The van der Waals surface area contributed by atoms with E-state index in [0.717, 1.165) is 49.3 Å². The van der Waals surface area contributed by atoms with Crippen LogP contribution in [-0.4, -0.2) is 92.6 Å². The molecule has 10 nitrogen and oxygen atoms in total. The first-order chi connectivity index (χ1) is 16.6. The van der Waals surface area contributed by atoms with Crippen molar-refractivity contribution in [3.8, 4) is 11.3 Å². The smallest absolute Gasteiger partial charge is 0.223 e. The van der Waals surface area contributed by atoms with Crippen LogP contribution in [0.3, 0.4) is 0 Å². The van der Waals surface area contributed by atoms with E-state index in [4.69, 9.17) is 4.98 Å². The normalized spacial score (nSPS) is 18.9. The number of anilines is 1. The van der Waals surface area contributed by atoms with Gasteiger partial charge in [0.15, 0.2) is 0 Å². The molecule has 2 fully saturated rings. The summed E-state index contributed by atoms with van der Waals surface area (Å²) in [6.45, 7) is 9.96. The van der Waals surface area contributed by atoms with Crippen LogP contribution in [0, 0.1) is 6.92 Å². The molecule has 0 saturated carbocycles. The van der Waals surface area contributed by atoms with E-state index in [1.165, 1.54) is 12.8 Å². The summed E-state index contributed by atoms with van der Waals surface area (Å²) in [4.78, 5) is 11.5. The number of rotatable bonds is 10. The van der Waals surface area contributed by atoms with Crippen molar-refractivity contribution in [2.24, 2.45) is 0 Å². The highest BCUT2D eigenvalue weighted by atomic mass is 32.2. The number of likely N-dealkylation sites (tertiary alicyclic amines) is 1. The van der Waals surface area contributed by atoms with Crippen molar-refractivity contribution in [3.63, 3.8) is 0 Å². The molecule has 11 heteroatoms. The Kier molecular flexibility index (Phi) is 8.09. The van der Waals surface area contributed by atoms with Crippen molar-refractivity contribution in [1.29, 1.82) is 0 Å². The predicted octanol–water partition coefficient (Wildman–Crippen LogP) is 2.11. The maximum Gasteiger partial charge on any atom is 0.223 e. The number of aliphatic hydroxyl groups is 1. The molecule has 2 N–H and O–H groups in total. The fourth-order valence-corrected chi connectivity index (χ4v) is 6.36. The summed E-state index contributed by atoms with van der Waals surface area (Å²) in [5.41, 5.74) is 1.75. The first-order valence-corrected chi connectivity index (χ1v) is 14.3. The van der Waals surface area contributed by atoms with E-state index in [1.54, 1.807) is 35.2 Å². The predicted molar refractivity (Wildman–Crippen MR) is 137 cm³/mol. The first kappa shape index (κ1) is 26.0. The number of hydrogen-bond acceptors (Lipinski definition) is 8. The van der Waals surface area contributed by atoms with Gasteiger partial charge in [-0.2, -0.15) is 5.10 Å². The summed E-state index contributed by atoms with van der Waals surface area (Å²) in [6, 6.07) is 0.125. The van der Waals surface area contributed by atoms with Gasteiger partial charge >= 0.3 is 0 Å². The highest BCUT2D eigenvalue weighted by Gasteiger charge is 2.28. The van der Waals surface area contributed by atoms with Crippen LogP contribution in [0.5, 0.6) is 0 Å². The molecule has 0 amide bonds. The number of hydrogen-bond donors (Lipinski definition) is 2. The van der Waals surface area contributed by atoms with Crippen LogP contribution >= 0.6 is 0 Å². The summed E-state index contributed by atoms with van der Waals surface area (Å²) in [6.07, 6.45) is 10.0. The van der Waals surface area contributed by atoms with Gasteiger partial charge in [0.1, 0.15) is 0 Å². The second-order valence-corrected chi connectivity index (χ2v) is 12.6. The molecular formula is C24H39N7O3S. The van der Waals surface area contributed by atoms with Crippen LogP contribution in [0.4, 0.5) is 5.95 Å². The summed E-state index contributed by atoms with van der Waals surface area (Å²) in [5.74, 6) is 0.764. The molecule has 0 unspecified atom stereocenters. The molecule has 0 atom stereocenters. The minimum Gasteiger partial charge on any atom is -0.389 e. The van der Waals surface area contributed by atoms with E-state index < -0.39 is 15.6 Å². The van der Waals surface area contributed by atoms with Gasteiger partial charge in [0.25, 0.3) is 0 Å². The van der Waals surface area contributed by atoms with Crippen LogP contribution in [-0.2, 0) is 16.6 Å². The van der Waals surface area contributed by atoms with Crippen molar-refractivity contribution >= 4 is 16.0 Å². The molecular weight excluding hydrogens is 466 g/mol. The number of nitrogens with zero attached hydrogens (tertiary/aromatic N) is 6. The molecule has 2 aliphatic rings. The zero-order chi connectivity index (χ0) is 25.1. The Morgan fingerprint density at radius 2 is 1.86 bits per heavy atom. The molecule has 0 aromatic carbocycles. The number of aromatic nitrogens is 4. The zero-order valence-electron chi connectivity index (χ0n) is 21.1. The molecule has 194 valence electrons. The van der Waals surface area contributed by atoms with Gasteiger partial charge in [0, 0.05) is 37.1 Å². The standard InChI is InChI=1S/C24H39N7O3S/c1-19-15-25-23(28-22(19)20-16-26-30(17-20)18-24(2,3)32)27-21-7-12-31(13-8-21)35(33,34)14-6-11-29-9-4-5-10-29/h15-17,21,32H,4-14,18H2,1-3H3,(H,25,27,28). The summed E-state index contributed by atoms with van der Waals surface area (Å²) < 4.78 is 28.9. The van der Waals surface area contributed by atoms with Gasteiger partial charge in [-0.25, -0.2) is 22.7 Å². The highest BCUT2D eigenvalue weighted by Crippen LogP contribution is 2.24. The van der Waals surface area contributed by atoms with Gasteiger partial charge in [-0.3, -0.25) is 4.68 Å². The maximum atomic E-state index is 12.8. The third-order valence-electron chi connectivity index (χ3n) is 6.68. The molecule has 35 heavy (non-hydrogen) atoms. The average Bonchev–Trinajstić information content (AvgIpc) is 3.46. The van der Waals surface area contributed by atoms with Crippen LogP contribution in [0.2, 0.25) is 0 Å². The average molecular weight is 506 g/mol. The second kappa shape index (κ2) is 10.9. The molecule has 2 aromatic rings. The van der Waals surface area contributed by atoms with E-state index in [2.05, 4.69) is 20.3 Å². The topological polar surface area (TPSA) is 116 Å². The Morgan fingerprint density at radius 1 is 1.14 bits per heavy atom. The van der Waals surface area contributed by atoms with Crippen LogP contribution in [0.15, 0.2) is 18.6 Å². The van der Waals surface area contributed by atoms with E-state index in [9.17, 15) is 13.5 Å². The van der Waals surface area contributed by atoms with E-state index in [-0.39, 0.29) is 11.8 Å². The van der Waals surface area contributed by atoms with Gasteiger partial charge < -0.3 is 15.3 Å². The summed E-state index contributed by atoms with van der Waals surface area (Å²) in [5, 5.41) is 17.8. The van der Waals surface area contributed by atoms with Gasteiger partial charge in [-0.05, 0) is 78.1 Å². The maximum absolute atomic E-state index is 12.8. The molecule has 0 aliphatic carbocycles. The Morgan fingerprint density at radius 3 is 2.54 bits per heavy atom. The lowest BCUT2D eigenvalue weighted by Gasteiger charge is -2.31. The van der Waals surface area contributed by atoms with E-state index in [0.29, 0.717) is 32.0 Å². The molecule has 4 heterocycles. The van der Waals surface area contributed by atoms with E-state index in [1.807, 2.05) is 13.1 Å². The summed E-state index contributed by atoms with van der Waals surface area (Å²) in [7, 11) is -3.21. The van der Waals surface area contributed by atoms with Crippen LogP contribution in [0.1, 0.15) is 51.5 Å². The highest BCUT2D eigenvalue weighted by molar-refractivity contribution is 7.89. The Balaban J connectivity index is 1.30. The van der Waals surface area contributed by atoms with Gasteiger partial charge in [0.2, 0.25) is 16.0 Å². The van der Waals surface area contributed by atoms with Crippen LogP contribution < -0.4 is 5.32 Å². The second-order valence-electron chi connectivity index (χ2n) is 10.5. The number of sulfonamides is 1. The molecule has 2 aliphatic heterocycles. The van der Waals surface area contributed by atoms with Crippen molar-refractivity contribution in [3.05, 3.63) is 24.2 Å². The first-order valence-electron chi connectivity index (χ1n) is 12.6. The molecule has 2 aromatic heterocycles. The minimum absolute atomic E-state index is 0.125. The largest absolute Gasteiger partial charge is 0.389 e. The third kappa shape index (κ3) is 7.22. The quantitative estimate of drug-likeness (QED) is 0.504. The Hall–Kier alpha value is -2.08. The van der Waals surface area contributed by atoms with E-state index >= 15 is 0 Å². The molecule has 0 spiro atoms. The number of aryl methyl sites for hydroxylation is 1. The van der Waals surface area contributed by atoms with Crippen molar-refractivity contribution in [1.82, 2.24) is 29.0 Å². The Labute approximate surface area is 208 Å². The van der Waals surface area contributed by atoms with Crippen molar-refractivity contribution in [2.45, 2.75) is 71.1 Å². The molecule has 0 bridgehead atoms. The van der Waals surface area contributed by atoms with Gasteiger partial charge in [-0.1, -0.05) is 0 Å². The summed E-state index contributed by atoms with van der Waals surface area (Å²) >= 11 is 0. The van der Waals surface area contributed by atoms with Crippen molar-refractivity contribution in [2.75, 3.05) is 43.8 Å². The third-order valence-corrected chi connectivity index (χ3v) is 8.64. The molecule has 2 saturated heterocycles. The number of nitrogens with one attached hydrogen (secondary N) is 1. The Bertz CT molecular complexity index is 1080. The van der Waals surface area contributed by atoms with Crippen molar-refractivity contribution < 1.29 is 13.5 Å². The minimum atomic E-state index is -3.21. The lowest BCUT2D eigenvalue weighted by atomic mass is 10.1. The lowest BCUT2D eigenvalue weighted by Crippen LogP contribution is -2.43. The number of piperidine rings is 1. The molecule has 0 radical (unpaired) electrons. The fraction of sp³-hybridized carbons (Fsp3) is 0.708. The lowest BCUT2D eigenvalue weighted by molar-refractivity contribution is 0.0577. The SMILES string of the molecule is Cc1cnc(NC2CCN(S(=O)(=O)CCCN3CCCC3)CC2)nc1-c1cnn(CC(C)(C)O)c1. The fourth-order valence-electron chi connectivity index (χ4n) is 4.84. The van der Waals surface area contributed by atoms with Gasteiger partial charge in [-0.15, -0.1) is 0 Å². The zero-order valence-corrected chi connectivity index (χ0v) is 22.0. The van der Waals surface area contributed by atoms with Gasteiger partial charge in [0.05, 0.1) is 29.8 Å². The van der Waals surface area contributed by atoms with Crippen LogP contribution in [0.25, 0.3) is 11.3 Å².